The van der Waals surface area contributed by atoms with E-state index in [1.54, 1.807) is 0 Å². The van der Waals surface area contributed by atoms with Crippen molar-refractivity contribution in [2.24, 2.45) is 0 Å². The summed E-state index contributed by atoms with van der Waals surface area (Å²) in [5, 5.41) is 2.10. The Hall–Kier alpha value is -2.51. The molecule has 5 rings (SSSR count). The van der Waals surface area contributed by atoms with Crippen LogP contribution < -0.4 is 0 Å². The molecular weight excluding hydrogens is 374 g/mol. The highest BCUT2D eigenvalue weighted by Crippen LogP contribution is 2.53. The molecular formula is C27H26ClN. The van der Waals surface area contributed by atoms with Crippen LogP contribution in [-0.4, -0.2) is 4.57 Å². The SMILES string of the molecule is CC(C)(C)c1cc(Cl)cc(-n2c3c(c4ccccc42)C(C)(C)c2ccccc2-3)c1. The summed E-state index contributed by atoms with van der Waals surface area (Å²) in [5.74, 6) is 0. The number of nitrogens with zero attached hydrogens (tertiary/aromatic N) is 1. The lowest BCUT2D eigenvalue weighted by atomic mass is 9.81. The van der Waals surface area contributed by atoms with Crippen LogP contribution in [0.5, 0.6) is 0 Å². The van der Waals surface area contributed by atoms with Crippen LogP contribution in [0.25, 0.3) is 27.8 Å². The van der Waals surface area contributed by atoms with E-state index in [1.165, 1.54) is 38.9 Å². The second-order valence-corrected chi connectivity index (χ2v) is 10.1. The summed E-state index contributed by atoms with van der Waals surface area (Å²) in [4.78, 5) is 0. The molecule has 2 heteroatoms. The fraction of sp³-hybridized carbons (Fsp3) is 0.259. The van der Waals surface area contributed by atoms with Gasteiger partial charge in [-0.05, 0) is 46.4 Å². The normalized spacial score (nSPS) is 14.8. The molecule has 0 N–H and O–H groups in total. The first kappa shape index (κ1) is 18.5. The van der Waals surface area contributed by atoms with Gasteiger partial charge in [0.15, 0.2) is 0 Å². The summed E-state index contributed by atoms with van der Waals surface area (Å²) >= 11 is 6.62. The number of hydrogen-bond acceptors (Lipinski definition) is 0. The number of aromatic nitrogens is 1. The number of para-hydroxylation sites is 1. The standard InChI is InChI=1S/C27H26ClN/c1-26(2,3)17-14-18(28)16-19(15-17)29-23-13-9-7-11-21(23)24-25(29)20-10-6-8-12-22(20)27(24,4)5/h6-16H,1-5H3. The Kier molecular flexibility index (Phi) is 3.83. The van der Waals surface area contributed by atoms with Gasteiger partial charge in [0.2, 0.25) is 0 Å². The Labute approximate surface area is 177 Å². The molecule has 0 saturated carbocycles. The fourth-order valence-electron chi connectivity index (χ4n) is 4.90. The second kappa shape index (κ2) is 6.00. The van der Waals surface area contributed by atoms with Gasteiger partial charge in [-0.1, -0.05) is 88.7 Å². The molecule has 0 fully saturated rings. The van der Waals surface area contributed by atoms with E-state index in [0.717, 1.165) is 10.7 Å². The van der Waals surface area contributed by atoms with Gasteiger partial charge in [0.1, 0.15) is 0 Å². The third kappa shape index (κ3) is 2.60. The lowest BCUT2D eigenvalue weighted by Crippen LogP contribution is -2.14. The Morgan fingerprint density at radius 3 is 2.31 bits per heavy atom. The zero-order chi connectivity index (χ0) is 20.6. The van der Waals surface area contributed by atoms with Gasteiger partial charge >= 0.3 is 0 Å². The highest BCUT2D eigenvalue weighted by Gasteiger charge is 2.40. The number of hydrogen-bond donors (Lipinski definition) is 0. The maximum atomic E-state index is 6.62. The van der Waals surface area contributed by atoms with Crippen molar-refractivity contribution in [1.29, 1.82) is 0 Å². The Balaban J connectivity index is 1.94. The lowest BCUT2D eigenvalue weighted by molar-refractivity contribution is 0.590. The molecule has 3 aromatic carbocycles. The van der Waals surface area contributed by atoms with E-state index in [1.807, 2.05) is 0 Å². The van der Waals surface area contributed by atoms with Crippen molar-refractivity contribution < 1.29 is 0 Å². The smallest absolute Gasteiger partial charge is 0.0585 e. The topological polar surface area (TPSA) is 4.93 Å². The van der Waals surface area contributed by atoms with Crippen LogP contribution in [0.15, 0.2) is 66.7 Å². The number of halogens is 1. The van der Waals surface area contributed by atoms with E-state index in [-0.39, 0.29) is 10.8 Å². The lowest BCUT2D eigenvalue weighted by Gasteiger charge is -2.22. The van der Waals surface area contributed by atoms with Crippen LogP contribution in [0.4, 0.5) is 0 Å². The Morgan fingerprint density at radius 2 is 1.55 bits per heavy atom. The highest BCUT2D eigenvalue weighted by molar-refractivity contribution is 6.30. The average molecular weight is 400 g/mol. The molecule has 0 aliphatic heterocycles. The van der Waals surface area contributed by atoms with Crippen LogP contribution in [0.2, 0.25) is 5.02 Å². The number of rotatable bonds is 1. The summed E-state index contributed by atoms with van der Waals surface area (Å²) in [6.07, 6.45) is 0. The molecule has 4 aromatic rings. The van der Waals surface area contributed by atoms with Crippen LogP contribution >= 0.6 is 11.6 Å². The molecule has 1 aromatic heterocycles. The average Bonchev–Trinajstić information content (AvgIpc) is 3.13. The zero-order valence-electron chi connectivity index (χ0n) is 17.7. The molecule has 0 atom stereocenters. The zero-order valence-corrected chi connectivity index (χ0v) is 18.4. The van der Waals surface area contributed by atoms with Crippen molar-refractivity contribution in [3.05, 3.63) is 88.4 Å². The predicted octanol–water partition coefficient (Wildman–Crippen LogP) is 7.89. The molecule has 0 bridgehead atoms. The molecule has 1 heterocycles. The first-order chi connectivity index (χ1) is 13.7. The molecule has 1 aliphatic carbocycles. The molecule has 0 radical (unpaired) electrons. The van der Waals surface area contributed by atoms with Crippen LogP contribution in [0.3, 0.4) is 0 Å². The van der Waals surface area contributed by atoms with E-state index in [0.29, 0.717) is 0 Å². The third-order valence-electron chi connectivity index (χ3n) is 6.36. The van der Waals surface area contributed by atoms with Crippen molar-refractivity contribution in [3.8, 4) is 16.9 Å². The Morgan fingerprint density at radius 1 is 0.862 bits per heavy atom. The molecule has 29 heavy (non-hydrogen) atoms. The summed E-state index contributed by atoms with van der Waals surface area (Å²) in [6.45, 7) is 11.4. The molecule has 0 unspecified atom stereocenters. The van der Waals surface area contributed by atoms with Gasteiger partial charge in [-0.15, -0.1) is 0 Å². The molecule has 0 amide bonds. The van der Waals surface area contributed by atoms with Gasteiger partial charge in [-0.2, -0.15) is 0 Å². The maximum absolute atomic E-state index is 6.62. The van der Waals surface area contributed by atoms with Gasteiger partial charge < -0.3 is 4.57 Å². The quantitative estimate of drug-likeness (QED) is 0.306. The van der Waals surface area contributed by atoms with E-state index in [2.05, 4.69) is 106 Å². The van der Waals surface area contributed by atoms with Gasteiger partial charge in [0.25, 0.3) is 0 Å². The van der Waals surface area contributed by atoms with Crippen molar-refractivity contribution in [2.75, 3.05) is 0 Å². The minimum Gasteiger partial charge on any atom is -0.309 e. The minimum absolute atomic E-state index is 0.0307. The number of benzene rings is 3. The van der Waals surface area contributed by atoms with Gasteiger partial charge in [0, 0.05) is 27.1 Å². The second-order valence-electron chi connectivity index (χ2n) is 9.69. The first-order valence-corrected chi connectivity index (χ1v) is 10.6. The highest BCUT2D eigenvalue weighted by atomic mass is 35.5. The number of fused-ring (bicyclic) bond motifs is 5. The van der Waals surface area contributed by atoms with Crippen molar-refractivity contribution in [1.82, 2.24) is 4.57 Å². The monoisotopic (exact) mass is 399 g/mol. The third-order valence-corrected chi connectivity index (χ3v) is 6.58. The molecule has 146 valence electrons. The van der Waals surface area contributed by atoms with Gasteiger partial charge in [-0.25, -0.2) is 0 Å². The Bertz CT molecular complexity index is 1270. The minimum atomic E-state index is -0.0395. The van der Waals surface area contributed by atoms with E-state index in [4.69, 9.17) is 11.6 Å². The summed E-state index contributed by atoms with van der Waals surface area (Å²) < 4.78 is 2.42. The summed E-state index contributed by atoms with van der Waals surface area (Å²) in [7, 11) is 0. The molecule has 1 aliphatic rings. The van der Waals surface area contributed by atoms with Crippen LogP contribution in [0, 0.1) is 0 Å². The van der Waals surface area contributed by atoms with E-state index < -0.39 is 0 Å². The molecule has 0 saturated heterocycles. The fourth-order valence-corrected chi connectivity index (χ4v) is 5.13. The van der Waals surface area contributed by atoms with Gasteiger partial charge in [-0.3, -0.25) is 0 Å². The van der Waals surface area contributed by atoms with Crippen LogP contribution in [-0.2, 0) is 10.8 Å². The van der Waals surface area contributed by atoms with Crippen LogP contribution in [0.1, 0.15) is 51.3 Å². The maximum Gasteiger partial charge on any atom is 0.0585 e. The van der Waals surface area contributed by atoms with Crippen molar-refractivity contribution in [3.63, 3.8) is 0 Å². The predicted molar refractivity (Wildman–Crippen MR) is 125 cm³/mol. The first-order valence-electron chi connectivity index (χ1n) is 10.2. The largest absolute Gasteiger partial charge is 0.309 e. The van der Waals surface area contributed by atoms with E-state index >= 15 is 0 Å². The van der Waals surface area contributed by atoms with Gasteiger partial charge in [0.05, 0.1) is 11.2 Å². The molecule has 1 nitrogen and oxygen atoms in total. The van der Waals surface area contributed by atoms with Crippen molar-refractivity contribution >= 4 is 22.5 Å². The summed E-state index contributed by atoms with van der Waals surface area (Å²) in [6, 6.07) is 24.1. The van der Waals surface area contributed by atoms with E-state index in [9.17, 15) is 0 Å². The summed E-state index contributed by atoms with van der Waals surface area (Å²) in [5.41, 5.74) is 9.03. The van der Waals surface area contributed by atoms with Crippen molar-refractivity contribution in [2.45, 2.75) is 45.4 Å². The molecule has 0 spiro atoms.